The predicted octanol–water partition coefficient (Wildman–Crippen LogP) is 1.36. The van der Waals surface area contributed by atoms with E-state index in [-0.39, 0.29) is 18.1 Å². The van der Waals surface area contributed by atoms with E-state index in [4.69, 9.17) is 15.2 Å². The van der Waals surface area contributed by atoms with Gasteiger partial charge >= 0.3 is 5.69 Å². The van der Waals surface area contributed by atoms with E-state index in [1.807, 2.05) is 13.8 Å². The van der Waals surface area contributed by atoms with E-state index in [9.17, 15) is 14.4 Å². The molecule has 0 aliphatic rings. The maximum Gasteiger partial charge on any atom is 0.330 e. The Hall–Kier alpha value is -3.23. The number of rotatable bonds is 9. The molecule has 0 saturated heterocycles. The summed E-state index contributed by atoms with van der Waals surface area (Å²) >= 11 is 0. The minimum Gasteiger partial charge on any atom is -0.490 e. The van der Waals surface area contributed by atoms with Crippen LogP contribution in [0.25, 0.3) is 0 Å². The molecule has 0 radical (unpaired) electrons. The van der Waals surface area contributed by atoms with Crippen molar-refractivity contribution in [1.29, 1.82) is 0 Å². The number of nitrogen functional groups attached to an aromatic ring is 1. The number of hydrogen-bond acceptors (Lipinski definition) is 6. The van der Waals surface area contributed by atoms with Gasteiger partial charge in [-0.3, -0.25) is 19.1 Å². The fourth-order valence-corrected chi connectivity index (χ4v) is 2.64. The first kappa shape index (κ1) is 21.1. The van der Waals surface area contributed by atoms with Gasteiger partial charge < -0.3 is 20.1 Å². The Morgan fingerprint density at radius 1 is 1.18 bits per heavy atom. The lowest BCUT2D eigenvalue weighted by molar-refractivity contribution is -0.120. The molecule has 9 heteroatoms. The van der Waals surface area contributed by atoms with Gasteiger partial charge in [-0.15, -0.1) is 0 Å². The van der Waals surface area contributed by atoms with Crippen LogP contribution in [0.5, 0.6) is 11.5 Å². The van der Waals surface area contributed by atoms with Crippen molar-refractivity contribution in [2.45, 2.75) is 33.2 Å². The topological polar surface area (TPSA) is 120 Å². The molecule has 152 valence electrons. The molecule has 2 aromatic rings. The quantitative estimate of drug-likeness (QED) is 0.667. The van der Waals surface area contributed by atoms with Gasteiger partial charge in [-0.05, 0) is 25.5 Å². The van der Waals surface area contributed by atoms with Crippen molar-refractivity contribution in [3.63, 3.8) is 0 Å². The van der Waals surface area contributed by atoms with Crippen molar-refractivity contribution in [3.8, 4) is 11.5 Å². The number of nitrogens with two attached hydrogens (primary N) is 1. The molecule has 0 atom stereocenters. The summed E-state index contributed by atoms with van der Waals surface area (Å²) in [5, 5.41) is 0. The maximum atomic E-state index is 12.6. The minimum absolute atomic E-state index is 0.0484. The highest BCUT2D eigenvalue weighted by Crippen LogP contribution is 2.26. The van der Waals surface area contributed by atoms with E-state index in [1.165, 1.54) is 11.6 Å². The van der Waals surface area contributed by atoms with Gasteiger partial charge in [0.05, 0.1) is 6.61 Å². The van der Waals surface area contributed by atoms with Crippen LogP contribution in [0.4, 0.5) is 11.5 Å². The van der Waals surface area contributed by atoms with Crippen molar-refractivity contribution < 1.29 is 14.3 Å². The summed E-state index contributed by atoms with van der Waals surface area (Å²) in [4.78, 5) is 40.1. The fraction of sp³-hybridized carbons (Fsp3) is 0.421. The number of carbonyl (C=O) groups is 1. The Balaban J connectivity index is 2.22. The van der Waals surface area contributed by atoms with E-state index >= 15 is 0 Å². The zero-order valence-electron chi connectivity index (χ0n) is 16.4. The molecule has 1 amide bonds. The van der Waals surface area contributed by atoms with Crippen LogP contribution in [0.1, 0.15) is 26.7 Å². The van der Waals surface area contributed by atoms with Crippen molar-refractivity contribution in [1.82, 2.24) is 9.55 Å². The first-order chi connectivity index (χ1) is 13.4. The van der Waals surface area contributed by atoms with E-state index < -0.39 is 17.2 Å². The number of unbranched alkanes of at least 4 members (excludes halogenated alkanes) is 1. The van der Waals surface area contributed by atoms with Gasteiger partial charge in [-0.1, -0.05) is 25.5 Å². The first-order valence-electron chi connectivity index (χ1n) is 9.14. The highest BCUT2D eigenvalue weighted by atomic mass is 16.5. The largest absolute Gasteiger partial charge is 0.490 e. The van der Waals surface area contributed by atoms with Crippen LogP contribution in [-0.4, -0.2) is 35.7 Å². The monoisotopic (exact) mass is 390 g/mol. The molecule has 0 aliphatic heterocycles. The minimum atomic E-state index is -0.721. The molecule has 28 heavy (non-hydrogen) atoms. The molecule has 0 aliphatic carbocycles. The van der Waals surface area contributed by atoms with E-state index in [1.54, 1.807) is 24.3 Å². The average Bonchev–Trinajstić information content (AvgIpc) is 2.66. The third-order valence-electron chi connectivity index (χ3n) is 4.16. The van der Waals surface area contributed by atoms with E-state index in [0.717, 1.165) is 11.3 Å². The normalized spacial score (nSPS) is 10.5. The second-order valence-corrected chi connectivity index (χ2v) is 6.12. The number of ether oxygens (including phenoxy) is 2. The zero-order valence-corrected chi connectivity index (χ0v) is 16.4. The first-order valence-corrected chi connectivity index (χ1v) is 9.14. The Morgan fingerprint density at radius 3 is 2.43 bits per heavy atom. The molecule has 0 fully saturated rings. The van der Waals surface area contributed by atoms with Crippen LogP contribution in [0.2, 0.25) is 0 Å². The Morgan fingerprint density at radius 2 is 1.82 bits per heavy atom. The number of nitrogens with zero attached hydrogens (tertiary/aromatic N) is 2. The number of likely N-dealkylation sites (N-methyl/N-ethyl adjacent to an activating group) is 1. The smallest absolute Gasteiger partial charge is 0.330 e. The average molecular weight is 390 g/mol. The number of benzene rings is 1. The highest BCUT2D eigenvalue weighted by molar-refractivity contribution is 5.96. The summed E-state index contributed by atoms with van der Waals surface area (Å²) in [5.74, 6) is 0.392. The molecule has 0 bridgehead atoms. The number of amides is 1. The number of anilines is 2. The van der Waals surface area contributed by atoms with Gasteiger partial charge in [0, 0.05) is 13.6 Å². The summed E-state index contributed by atoms with van der Waals surface area (Å²) in [5.41, 5.74) is 4.63. The van der Waals surface area contributed by atoms with Gasteiger partial charge in [0.1, 0.15) is 5.82 Å². The van der Waals surface area contributed by atoms with Gasteiger partial charge in [-0.25, -0.2) is 4.79 Å². The molecular formula is C19H26N4O5. The molecule has 0 spiro atoms. The maximum absolute atomic E-state index is 12.6. The number of para-hydroxylation sites is 2. The third kappa shape index (κ3) is 4.73. The number of aromatic amines is 1. The van der Waals surface area contributed by atoms with Gasteiger partial charge in [0.25, 0.3) is 11.5 Å². The van der Waals surface area contributed by atoms with E-state index in [2.05, 4.69) is 4.98 Å². The molecule has 3 N–H and O–H groups in total. The molecular weight excluding hydrogens is 364 g/mol. The van der Waals surface area contributed by atoms with Crippen LogP contribution in [0, 0.1) is 0 Å². The molecule has 0 saturated carbocycles. The summed E-state index contributed by atoms with van der Waals surface area (Å²) in [6.45, 7) is 4.30. The van der Waals surface area contributed by atoms with Crippen LogP contribution >= 0.6 is 0 Å². The number of aromatic nitrogens is 2. The Kier molecular flexibility index (Phi) is 7.25. The summed E-state index contributed by atoms with van der Waals surface area (Å²) in [6.07, 6.45) is 1.56. The van der Waals surface area contributed by atoms with Crippen LogP contribution in [-0.2, 0) is 11.3 Å². The summed E-state index contributed by atoms with van der Waals surface area (Å²) < 4.78 is 12.3. The molecule has 2 rings (SSSR count). The molecule has 1 aromatic heterocycles. The van der Waals surface area contributed by atoms with Gasteiger partial charge in [0.2, 0.25) is 0 Å². The third-order valence-corrected chi connectivity index (χ3v) is 4.16. The predicted molar refractivity (Wildman–Crippen MR) is 107 cm³/mol. The van der Waals surface area contributed by atoms with Crippen molar-refractivity contribution >= 4 is 17.4 Å². The lowest BCUT2D eigenvalue weighted by Gasteiger charge is -2.20. The molecule has 1 heterocycles. The summed E-state index contributed by atoms with van der Waals surface area (Å²) in [6, 6.07) is 6.98. The second kappa shape index (κ2) is 9.63. The van der Waals surface area contributed by atoms with Gasteiger partial charge in [-0.2, -0.15) is 0 Å². The summed E-state index contributed by atoms with van der Waals surface area (Å²) in [7, 11) is 1.41. The lowest BCUT2D eigenvalue weighted by atomic mass is 10.3. The second-order valence-electron chi connectivity index (χ2n) is 6.12. The fourth-order valence-electron chi connectivity index (χ4n) is 2.64. The van der Waals surface area contributed by atoms with Crippen LogP contribution in [0.15, 0.2) is 33.9 Å². The van der Waals surface area contributed by atoms with Gasteiger partial charge in [0.15, 0.2) is 23.8 Å². The van der Waals surface area contributed by atoms with Crippen molar-refractivity contribution in [3.05, 3.63) is 45.1 Å². The highest BCUT2D eigenvalue weighted by Gasteiger charge is 2.21. The lowest BCUT2D eigenvalue weighted by Crippen LogP contribution is -2.40. The number of H-pyrrole nitrogens is 1. The number of nitrogens with one attached hydrogen (secondary N) is 1. The molecule has 1 aromatic carbocycles. The standard InChI is InChI=1S/C19H26N4O5/c1-4-6-11-23-17(20)16(18(25)21-19(23)26)22(3)15(24)12-28-14-10-8-7-9-13(14)27-5-2/h7-10H,4-6,11-12,20H2,1-3H3,(H,21,25,26). The van der Waals surface area contributed by atoms with Crippen LogP contribution < -0.4 is 31.4 Å². The molecule has 9 nitrogen and oxygen atoms in total. The van der Waals surface area contributed by atoms with Crippen molar-refractivity contribution in [2.75, 3.05) is 30.9 Å². The Bertz CT molecular complexity index is 935. The van der Waals surface area contributed by atoms with Crippen LogP contribution in [0.3, 0.4) is 0 Å². The van der Waals surface area contributed by atoms with Crippen molar-refractivity contribution in [2.24, 2.45) is 0 Å². The zero-order chi connectivity index (χ0) is 20.7. The SMILES string of the molecule is CCCCn1c(N)c(N(C)C(=O)COc2ccccc2OCC)c(=O)[nH]c1=O. The van der Waals surface area contributed by atoms with E-state index in [0.29, 0.717) is 31.1 Å². The number of hydrogen-bond donors (Lipinski definition) is 2. The Labute approximate surface area is 162 Å². The number of carbonyl (C=O) groups excluding carboxylic acids is 1. The molecule has 0 unspecified atom stereocenters.